The van der Waals surface area contributed by atoms with Crippen molar-refractivity contribution in [2.75, 3.05) is 39.3 Å². The van der Waals surface area contributed by atoms with Gasteiger partial charge >= 0.3 is 5.97 Å². The van der Waals surface area contributed by atoms with Gasteiger partial charge in [0.15, 0.2) is 5.60 Å². The topological polar surface area (TPSA) is 53.0 Å². The Balaban J connectivity index is 1.69. The van der Waals surface area contributed by atoms with Gasteiger partial charge in [-0.3, -0.25) is 4.90 Å². The maximum absolute atomic E-state index is 11.8. The molecule has 2 heterocycles. The maximum atomic E-state index is 11.8. The summed E-state index contributed by atoms with van der Waals surface area (Å²) in [6, 6.07) is 0. The summed E-state index contributed by atoms with van der Waals surface area (Å²) in [5.74, 6) is -0.167. The number of esters is 1. The highest BCUT2D eigenvalue weighted by atomic mass is 16.6. The summed E-state index contributed by atoms with van der Waals surface area (Å²) in [4.78, 5) is 16.4. The minimum atomic E-state index is -0.325. The minimum Gasteiger partial charge on any atom is -0.449 e. The van der Waals surface area contributed by atoms with E-state index in [4.69, 9.17) is 9.84 Å². The molecule has 0 unspecified atom stereocenters. The molecule has 1 saturated heterocycles. The van der Waals surface area contributed by atoms with Gasteiger partial charge in [-0.05, 0) is 25.7 Å². The van der Waals surface area contributed by atoms with Gasteiger partial charge in [0.25, 0.3) is 0 Å². The summed E-state index contributed by atoms with van der Waals surface area (Å²) in [5, 5.41) is 9.00. The highest BCUT2D eigenvalue weighted by Crippen LogP contribution is 2.42. The van der Waals surface area contributed by atoms with Crippen LogP contribution in [0.1, 0.15) is 32.1 Å². The van der Waals surface area contributed by atoms with Crippen molar-refractivity contribution in [1.29, 1.82) is 0 Å². The molecule has 0 atom stereocenters. The Morgan fingerprint density at radius 1 is 1.15 bits per heavy atom. The average Bonchev–Trinajstić information content (AvgIpc) is 2.77. The van der Waals surface area contributed by atoms with Gasteiger partial charge < -0.3 is 14.7 Å². The first-order valence-electron chi connectivity index (χ1n) is 7.77. The summed E-state index contributed by atoms with van der Waals surface area (Å²) in [6.45, 7) is 4.69. The predicted molar refractivity (Wildman–Crippen MR) is 75.1 cm³/mol. The van der Waals surface area contributed by atoms with Crippen molar-refractivity contribution in [3.63, 3.8) is 0 Å². The van der Waals surface area contributed by atoms with E-state index in [0.717, 1.165) is 64.1 Å². The van der Waals surface area contributed by atoms with Crippen LogP contribution in [0.15, 0.2) is 11.8 Å². The Labute approximate surface area is 120 Å². The molecule has 0 radical (unpaired) electrons. The fraction of sp³-hybridized carbons (Fsp3) is 0.800. The number of carbonyl (C=O) groups excluding carboxylic acids is 1. The third-order valence-electron chi connectivity index (χ3n) is 4.81. The van der Waals surface area contributed by atoms with Crippen LogP contribution in [0.25, 0.3) is 0 Å². The molecule has 0 aromatic rings. The number of β-amino-alcohol motifs (C(OH)–C–C–N with tert-alkyl or cyclic N) is 1. The number of ether oxygens (including phenoxy) is 1. The summed E-state index contributed by atoms with van der Waals surface area (Å²) >= 11 is 0. The van der Waals surface area contributed by atoms with Gasteiger partial charge in [0.2, 0.25) is 0 Å². The summed E-state index contributed by atoms with van der Waals surface area (Å²) in [5.41, 5.74) is 0.792. The lowest BCUT2D eigenvalue weighted by Gasteiger charge is -2.43. The molecule has 1 N–H and O–H groups in total. The van der Waals surface area contributed by atoms with E-state index in [0.29, 0.717) is 0 Å². The Morgan fingerprint density at radius 2 is 1.85 bits per heavy atom. The third kappa shape index (κ3) is 2.56. The van der Waals surface area contributed by atoms with E-state index in [1.807, 2.05) is 0 Å². The second kappa shape index (κ2) is 5.74. The monoisotopic (exact) mass is 280 g/mol. The van der Waals surface area contributed by atoms with E-state index in [1.54, 1.807) is 6.08 Å². The molecule has 112 valence electrons. The van der Waals surface area contributed by atoms with Crippen molar-refractivity contribution in [1.82, 2.24) is 9.80 Å². The Bertz CT molecular complexity index is 394. The van der Waals surface area contributed by atoms with Crippen LogP contribution in [0.3, 0.4) is 0 Å². The van der Waals surface area contributed by atoms with Gasteiger partial charge in [0, 0.05) is 38.8 Å². The first kappa shape index (κ1) is 13.9. The molecule has 2 fully saturated rings. The highest BCUT2D eigenvalue weighted by molar-refractivity contribution is 5.86. The molecule has 1 aliphatic carbocycles. The summed E-state index contributed by atoms with van der Waals surface area (Å²) in [7, 11) is 0. The van der Waals surface area contributed by atoms with Crippen molar-refractivity contribution in [3.05, 3.63) is 11.8 Å². The molecule has 0 amide bonds. The third-order valence-corrected chi connectivity index (χ3v) is 4.81. The lowest BCUT2D eigenvalue weighted by Crippen LogP contribution is -2.50. The lowest BCUT2D eigenvalue weighted by atomic mass is 9.82. The number of hydrogen-bond donors (Lipinski definition) is 1. The number of hydrogen-bond acceptors (Lipinski definition) is 5. The van der Waals surface area contributed by atoms with Crippen LogP contribution in [0.2, 0.25) is 0 Å². The molecule has 3 aliphatic rings. The number of rotatable bonds is 3. The van der Waals surface area contributed by atoms with Gasteiger partial charge in [0.1, 0.15) is 0 Å². The van der Waals surface area contributed by atoms with Crippen molar-refractivity contribution >= 4 is 5.97 Å². The summed E-state index contributed by atoms with van der Waals surface area (Å²) < 4.78 is 5.70. The summed E-state index contributed by atoms with van der Waals surface area (Å²) in [6.07, 6.45) is 7.21. The standard InChI is InChI=1S/C15H24N2O3/c18-11-10-16-6-8-17(9-7-16)13-12-14(19)20-15(13)4-2-1-3-5-15/h12,18H,1-11H2. The molecule has 0 aromatic carbocycles. The Hall–Kier alpha value is -1.07. The Kier molecular flexibility index (Phi) is 3.98. The van der Waals surface area contributed by atoms with Crippen LogP contribution in [-0.4, -0.2) is 65.8 Å². The van der Waals surface area contributed by atoms with Crippen LogP contribution in [0.4, 0.5) is 0 Å². The number of nitrogens with zero attached hydrogens (tertiary/aromatic N) is 2. The van der Waals surface area contributed by atoms with Crippen molar-refractivity contribution in [2.45, 2.75) is 37.7 Å². The molecule has 1 spiro atoms. The first-order chi connectivity index (χ1) is 9.73. The molecule has 0 bridgehead atoms. The van der Waals surface area contributed by atoms with E-state index >= 15 is 0 Å². The van der Waals surface area contributed by atoms with Crippen LogP contribution in [0, 0.1) is 0 Å². The van der Waals surface area contributed by atoms with Crippen LogP contribution in [0.5, 0.6) is 0 Å². The highest BCUT2D eigenvalue weighted by Gasteiger charge is 2.46. The number of carbonyl (C=O) groups is 1. The largest absolute Gasteiger partial charge is 0.449 e. The van der Waals surface area contributed by atoms with Gasteiger partial charge in [-0.2, -0.15) is 0 Å². The van der Waals surface area contributed by atoms with Crippen molar-refractivity contribution < 1.29 is 14.6 Å². The maximum Gasteiger partial charge on any atom is 0.333 e. The van der Waals surface area contributed by atoms with Gasteiger partial charge in [-0.25, -0.2) is 4.79 Å². The van der Waals surface area contributed by atoms with Crippen LogP contribution >= 0.6 is 0 Å². The van der Waals surface area contributed by atoms with E-state index < -0.39 is 0 Å². The van der Waals surface area contributed by atoms with Gasteiger partial charge in [-0.15, -0.1) is 0 Å². The molecule has 2 aliphatic heterocycles. The van der Waals surface area contributed by atoms with Crippen LogP contribution in [-0.2, 0) is 9.53 Å². The molecule has 0 aromatic heterocycles. The number of aliphatic hydroxyl groups excluding tert-OH is 1. The normalized spacial score (nSPS) is 26.8. The van der Waals surface area contributed by atoms with Crippen molar-refractivity contribution in [3.8, 4) is 0 Å². The Morgan fingerprint density at radius 3 is 2.50 bits per heavy atom. The van der Waals surface area contributed by atoms with E-state index in [9.17, 15) is 4.79 Å². The van der Waals surface area contributed by atoms with Gasteiger partial charge in [0.05, 0.1) is 12.3 Å². The zero-order valence-electron chi connectivity index (χ0n) is 12.0. The number of piperazine rings is 1. The molecule has 1 saturated carbocycles. The molecular weight excluding hydrogens is 256 g/mol. The van der Waals surface area contributed by atoms with Crippen LogP contribution < -0.4 is 0 Å². The van der Waals surface area contributed by atoms with E-state index in [1.165, 1.54) is 6.42 Å². The second-order valence-electron chi connectivity index (χ2n) is 6.06. The SMILES string of the molecule is O=C1C=C(N2CCN(CCO)CC2)C2(CCCCC2)O1. The van der Waals surface area contributed by atoms with E-state index in [-0.39, 0.29) is 18.2 Å². The van der Waals surface area contributed by atoms with E-state index in [2.05, 4.69) is 9.80 Å². The average molecular weight is 280 g/mol. The molecular formula is C15H24N2O3. The zero-order chi connectivity index (χ0) is 14.0. The molecule has 20 heavy (non-hydrogen) atoms. The smallest absolute Gasteiger partial charge is 0.333 e. The first-order valence-corrected chi connectivity index (χ1v) is 7.77. The van der Waals surface area contributed by atoms with Crippen molar-refractivity contribution in [2.24, 2.45) is 0 Å². The fourth-order valence-corrected chi connectivity index (χ4v) is 3.73. The predicted octanol–water partition coefficient (Wildman–Crippen LogP) is 0.740. The minimum absolute atomic E-state index is 0.167. The second-order valence-corrected chi connectivity index (χ2v) is 6.06. The zero-order valence-corrected chi connectivity index (χ0v) is 12.0. The number of aliphatic hydroxyl groups is 1. The van der Waals surface area contributed by atoms with Gasteiger partial charge in [-0.1, -0.05) is 6.42 Å². The fourth-order valence-electron chi connectivity index (χ4n) is 3.73. The molecule has 5 nitrogen and oxygen atoms in total. The quantitative estimate of drug-likeness (QED) is 0.773. The lowest BCUT2D eigenvalue weighted by molar-refractivity contribution is -0.149. The molecule has 3 rings (SSSR count). The molecule has 5 heteroatoms.